The number of aromatic nitrogens is 3. The molecule has 78 valence electrons. The van der Waals surface area contributed by atoms with E-state index in [1.54, 1.807) is 6.20 Å². The Labute approximate surface area is 91.4 Å². The van der Waals surface area contributed by atoms with Crippen LogP contribution in [-0.4, -0.2) is 15.2 Å². The van der Waals surface area contributed by atoms with E-state index in [9.17, 15) is 4.79 Å². The minimum Gasteiger partial charge on any atom is -0.327 e. The number of aryl methyl sites for hydroxylation is 1. The molecule has 0 fully saturated rings. The molecule has 0 aliphatic heterocycles. The lowest BCUT2D eigenvalue weighted by atomic mass is 10.1. The Kier molecular flexibility index (Phi) is 2.48. The van der Waals surface area contributed by atoms with Gasteiger partial charge in [-0.05, 0) is 24.6 Å². The number of hydrogen-bond acceptors (Lipinski definition) is 4. The zero-order valence-corrected chi connectivity index (χ0v) is 8.56. The van der Waals surface area contributed by atoms with Crippen molar-refractivity contribution < 1.29 is 0 Å². The molecule has 0 unspecified atom stereocenters. The molecular weight excluding hydrogens is 204 g/mol. The topological polar surface area (TPSA) is 82.4 Å². The molecule has 0 bridgehead atoms. The molecule has 5 nitrogen and oxygen atoms in total. The van der Waals surface area contributed by atoms with E-state index in [2.05, 4.69) is 15.2 Å². The molecule has 5 heteroatoms. The van der Waals surface area contributed by atoms with Gasteiger partial charge in [0.15, 0.2) is 0 Å². The maximum Gasteiger partial charge on any atom is 0.265 e. The fourth-order valence-corrected chi connectivity index (χ4v) is 1.38. The zero-order valence-electron chi connectivity index (χ0n) is 8.56. The van der Waals surface area contributed by atoms with E-state index in [4.69, 9.17) is 5.26 Å². The average Bonchev–Trinajstić information content (AvgIpc) is 2.31. The summed E-state index contributed by atoms with van der Waals surface area (Å²) in [5.74, 6) is 0. The van der Waals surface area contributed by atoms with E-state index in [1.165, 1.54) is 12.3 Å². The summed E-state index contributed by atoms with van der Waals surface area (Å²) in [6.45, 7) is 1.89. The van der Waals surface area contributed by atoms with Gasteiger partial charge in [0, 0.05) is 18.0 Å². The van der Waals surface area contributed by atoms with E-state index >= 15 is 0 Å². The number of hydrogen-bond donors (Lipinski definition) is 1. The minimum atomic E-state index is -0.396. The second kappa shape index (κ2) is 3.95. The monoisotopic (exact) mass is 212 g/mol. The minimum absolute atomic E-state index is 0.0718. The van der Waals surface area contributed by atoms with Gasteiger partial charge >= 0.3 is 0 Å². The van der Waals surface area contributed by atoms with Crippen molar-refractivity contribution in [1.82, 2.24) is 15.2 Å². The molecule has 0 aliphatic carbocycles. The van der Waals surface area contributed by atoms with Crippen LogP contribution in [-0.2, 0) is 0 Å². The third-order valence-electron chi connectivity index (χ3n) is 2.22. The fraction of sp³-hybridized carbons (Fsp3) is 0.0909. The molecule has 0 amide bonds. The van der Waals surface area contributed by atoms with Gasteiger partial charge in [-0.1, -0.05) is 0 Å². The maximum absolute atomic E-state index is 11.2. The second-order valence-electron chi connectivity index (χ2n) is 3.31. The van der Waals surface area contributed by atoms with Crippen molar-refractivity contribution in [3.63, 3.8) is 0 Å². The Morgan fingerprint density at radius 1 is 1.50 bits per heavy atom. The predicted molar refractivity (Wildman–Crippen MR) is 57.5 cm³/mol. The summed E-state index contributed by atoms with van der Waals surface area (Å²) >= 11 is 0. The largest absolute Gasteiger partial charge is 0.327 e. The SMILES string of the molecule is Cc1ccnnc1-c1c[nH]c(=O)c(C#N)c1. The summed E-state index contributed by atoms with van der Waals surface area (Å²) in [5.41, 5.74) is 1.96. The molecule has 0 spiro atoms. The normalized spacial score (nSPS) is 9.75. The highest BCUT2D eigenvalue weighted by Gasteiger charge is 2.06. The van der Waals surface area contributed by atoms with Crippen molar-refractivity contribution in [2.45, 2.75) is 6.92 Å². The van der Waals surface area contributed by atoms with Gasteiger partial charge < -0.3 is 4.98 Å². The number of nitrogens with one attached hydrogen (secondary N) is 1. The molecule has 2 aromatic heterocycles. The standard InChI is InChI=1S/C11H8N4O/c1-7-2-3-14-15-10(7)9-4-8(5-12)11(16)13-6-9/h2-4,6H,1H3,(H,13,16). The Hall–Kier alpha value is -2.48. The summed E-state index contributed by atoms with van der Waals surface area (Å²) in [6, 6.07) is 5.16. The predicted octanol–water partition coefficient (Wildman–Crippen LogP) is 1.01. The van der Waals surface area contributed by atoms with E-state index in [0.717, 1.165) is 5.56 Å². The van der Waals surface area contributed by atoms with Gasteiger partial charge in [-0.15, -0.1) is 0 Å². The number of nitrogens with zero attached hydrogens (tertiary/aromatic N) is 3. The molecule has 0 aliphatic rings. The molecule has 2 rings (SSSR count). The van der Waals surface area contributed by atoms with Crippen LogP contribution in [0, 0.1) is 18.3 Å². The third kappa shape index (κ3) is 1.68. The molecule has 2 aromatic rings. The van der Waals surface area contributed by atoms with Crippen LogP contribution in [0.4, 0.5) is 0 Å². The van der Waals surface area contributed by atoms with Crippen molar-refractivity contribution in [1.29, 1.82) is 5.26 Å². The smallest absolute Gasteiger partial charge is 0.265 e. The van der Waals surface area contributed by atoms with E-state index in [1.807, 2.05) is 19.1 Å². The highest BCUT2D eigenvalue weighted by molar-refractivity contribution is 5.62. The first-order valence-electron chi connectivity index (χ1n) is 4.64. The molecule has 0 saturated carbocycles. The summed E-state index contributed by atoms with van der Waals surface area (Å²) in [4.78, 5) is 13.7. The Balaban J connectivity index is 2.63. The van der Waals surface area contributed by atoms with Crippen LogP contribution in [0.5, 0.6) is 0 Å². The number of nitriles is 1. The first-order valence-corrected chi connectivity index (χ1v) is 4.64. The summed E-state index contributed by atoms with van der Waals surface area (Å²) < 4.78 is 0. The van der Waals surface area contributed by atoms with Crippen LogP contribution in [0.15, 0.2) is 29.3 Å². The second-order valence-corrected chi connectivity index (χ2v) is 3.31. The summed E-state index contributed by atoms with van der Waals surface area (Å²) in [7, 11) is 0. The third-order valence-corrected chi connectivity index (χ3v) is 2.22. The Bertz CT molecular complexity index is 624. The Morgan fingerprint density at radius 2 is 2.31 bits per heavy atom. The lowest BCUT2D eigenvalue weighted by Crippen LogP contribution is -2.09. The number of pyridine rings is 1. The number of aromatic amines is 1. The number of rotatable bonds is 1. The zero-order chi connectivity index (χ0) is 11.5. The first-order chi connectivity index (χ1) is 7.72. The van der Waals surface area contributed by atoms with Gasteiger partial charge in [-0.25, -0.2) is 0 Å². The molecule has 1 N–H and O–H groups in total. The molecule has 0 atom stereocenters. The van der Waals surface area contributed by atoms with Crippen LogP contribution in [0.3, 0.4) is 0 Å². The molecule has 0 saturated heterocycles. The van der Waals surface area contributed by atoms with Gasteiger partial charge in [-0.2, -0.15) is 15.5 Å². The maximum atomic E-state index is 11.2. The van der Waals surface area contributed by atoms with E-state index < -0.39 is 5.56 Å². The van der Waals surface area contributed by atoms with E-state index in [-0.39, 0.29) is 5.56 Å². The van der Waals surface area contributed by atoms with Crippen molar-refractivity contribution >= 4 is 0 Å². The summed E-state index contributed by atoms with van der Waals surface area (Å²) in [6.07, 6.45) is 3.12. The van der Waals surface area contributed by atoms with Gasteiger partial charge in [0.25, 0.3) is 5.56 Å². The van der Waals surface area contributed by atoms with Crippen molar-refractivity contribution in [2.24, 2.45) is 0 Å². The highest BCUT2D eigenvalue weighted by Crippen LogP contribution is 2.18. The van der Waals surface area contributed by atoms with Crippen LogP contribution in [0.2, 0.25) is 0 Å². The average molecular weight is 212 g/mol. The lowest BCUT2D eigenvalue weighted by molar-refractivity contribution is 1.02. The lowest BCUT2D eigenvalue weighted by Gasteiger charge is -2.02. The van der Waals surface area contributed by atoms with Crippen molar-refractivity contribution in [3.8, 4) is 17.3 Å². The first kappa shape index (κ1) is 10.1. The molecular formula is C11H8N4O. The van der Waals surface area contributed by atoms with Gasteiger partial charge in [0.05, 0.1) is 5.69 Å². The number of H-pyrrole nitrogens is 1. The van der Waals surface area contributed by atoms with Gasteiger partial charge in [0.1, 0.15) is 11.6 Å². The molecule has 2 heterocycles. The van der Waals surface area contributed by atoms with Crippen LogP contribution < -0.4 is 5.56 Å². The van der Waals surface area contributed by atoms with Gasteiger partial charge in [-0.3, -0.25) is 4.79 Å². The van der Waals surface area contributed by atoms with Gasteiger partial charge in [0.2, 0.25) is 0 Å². The molecule has 0 aromatic carbocycles. The van der Waals surface area contributed by atoms with Crippen molar-refractivity contribution in [3.05, 3.63) is 46.0 Å². The van der Waals surface area contributed by atoms with Crippen LogP contribution in [0.25, 0.3) is 11.3 Å². The van der Waals surface area contributed by atoms with Crippen molar-refractivity contribution in [2.75, 3.05) is 0 Å². The van der Waals surface area contributed by atoms with Crippen LogP contribution >= 0.6 is 0 Å². The van der Waals surface area contributed by atoms with E-state index in [0.29, 0.717) is 11.3 Å². The molecule has 0 radical (unpaired) electrons. The highest BCUT2D eigenvalue weighted by atomic mass is 16.1. The van der Waals surface area contributed by atoms with Crippen LogP contribution in [0.1, 0.15) is 11.1 Å². The molecule has 16 heavy (non-hydrogen) atoms. The summed E-state index contributed by atoms with van der Waals surface area (Å²) in [5, 5.41) is 16.5. The quantitative estimate of drug-likeness (QED) is 0.764. The fourth-order valence-electron chi connectivity index (χ4n) is 1.38. The Morgan fingerprint density at radius 3 is 3.00 bits per heavy atom.